The number of aliphatic hydroxyl groups is 1. The lowest BCUT2D eigenvalue weighted by atomic mass is 10.1. The Morgan fingerprint density at radius 1 is 1.32 bits per heavy atom. The molecule has 0 aliphatic carbocycles. The second kappa shape index (κ2) is 12.6. The van der Waals surface area contributed by atoms with Gasteiger partial charge in [0.15, 0.2) is 5.82 Å². The molecule has 1 aromatic carbocycles. The maximum absolute atomic E-state index is 12.5. The summed E-state index contributed by atoms with van der Waals surface area (Å²) in [5.74, 6) is -0.0299. The summed E-state index contributed by atoms with van der Waals surface area (Å²) < 4.78 is 12.5. The summed E-state index contributed by atoms with van der Waals surface area (Å²) >= 11 is 0. The van der Waals surface area contributed by atoms with Crippen LogP contribution in [0.3, 0.4) is 0 Å². The van der Waals surface area contributed by atoms with E-state index in [0.29, 0.717) is 25.4 Å². The van der Waals surface area contributed by atoms with Gasteiger partial charge >= 0.3 is 6.09 Å². The summed E-state index contributed by atoms with van der Waals surface area (Å²) in [5, 5.41) is 24.1. The third kappa shape index (κ3) is 7.90. The maximum atomic E-state index is 12.5. The molecular weight excluding hydrogens is 466 g/mol. The zero-order valence-corrected chi connectivity index (χ0v) is 20.1. The largest absolute Gasteiger partial charge is 0.447 e. The summed E-state index contributed by atoms with van der Waals surface area (Å²) in [6.45, 7) is 4.58. The van der Waals surface area contributed by atoms with Gasteiger partial charge in [-0.15, -0.1) is 17.5 Å². The van der Waals surface area contributed by atoms with Crippen LogP contribution in [0.15, 0.2) is 30.3 Å². The number of nitrogens with zero attached hydrogens (tertiary/aromatic N) is 5. The van der Waals surface area contributed by atoms with E-state index in [0.717, 1.165) is 5.56 Å². The Morgan fingerprint density at radius 2 is 2.06 bits per heavy atom. The molecule has 0 unspecified atom stereocenters. The number of rotatable bonds is 10. The molecule has 12 nitrogen and oxygen atoms in total. The molecule has 0 bridgehead atoms. The number of hydrogen-bond donors (Lipinski definition) is 3. The predicted octanol–water partition coefficient (Wildman–Crippen LogP) is 0.410. The summed E-state index contributed by atoms with van der Waals surface area (Å²) in [7, 11) is 0. The first-order valence-electron chi connectivity index (χ1n) is 10.8. The van der Waals surface area contributed by atoms with E-state index in [4.69, 9.17) is 15.2 Å². The summed E-state index contributed by atoms with van der Waals surface area (Å²) in [4.78, 5) is 26.1. The van der Waals surface area contributed by atoms with Crippen molar-refractivity contribution in [1.29, 1.82) is 0 Å². The molecule has 1 aliphatic heterocycles. The molecule has 34 heavy (non-hydrogen) atoms. The van der Waals surface area contributed by atoms with Crippen LogP contribution in [-0.2, 0) is 27.4 Å². The van der Waals surface area contributed by atoms with Gasteiger partial charge in [0.1, 0.15) is 12.6 Å². The van der Waals surface area contributed by atoms with E-state index in [-0.39, 0.29) is 44.6 Å². The summed E-state index contributed by atoms with van der Waals surface area (Å²) in [5.41, 5.74) is 5.81. The van der Waals surface area contributed by atoms with Gasteiger partial charge in [-0.05, 0) is 36.3 Å². The summed E-state index contributed by atoms with van der Waals surface area (Å²) in [6.07, 6.45) is -0.480. The fraction of sp³-hybridized carbons (Fsp3) is 0.571. The maximum Gasteiger partial charge on any atom is 0.409 e. The Bertz CT molecular complexity index is 922. The van der Waals surface area contributed by atoms with E-state index < -0.39 is 23.8 Å². The molecule has 1 aromatic heterocycles. The number of β-amino-alcohol motifs (C(OH)–C–C–N with tert-alkyl or cyclic N) is 1. The highest BCUT2D eigenvalue weighted by atomic mass is 35.5. The van der Waals surface area contributed by atoms with Gasteiger partial charge in [0.2, 0.25) is 5.91 Å². The number of likely N-dealkylation sites (tertiary alicyclic amines) is 1. The highest BCUT2D eigenvalue weighted by Gasteiger charge is 2.29. The van der Waals surface area contributed by atoms with E-state index in [9.17, 15) is 14.7 Å². The molecule has 3 rings (SSSR count). The molecule has 2 amide bonds. The lowest BCUT2D eigenvalue weighted by molar-refractivity contribution is -0.126. The minimum absolute atomic E-state index is 0. The molecule has 4 N–H and O–H groups in total. The van der Waals surface area contributed by atoms with Crippen molar-refractivity contribution in [3.8, 4) is 0 Å². The number of aliphatic hydroxyl groups excluding tert-OH is 1. The van der Waals surface area contributed by atoms with Crippen molar-refractivity contribution in [1.82, 2.24) is 30.4 Å². The van der Waals surface area contributed by atoms with Crippen molar-refractivity contribution in [2.75, 3.05) is 26.3 Å². The average molecular weight is 498 g/mol. The number of tetrazole rings is 1. The molecule has 1 fully saturated rings. The van der Waals surface area contributed by atoms with Crippen LogP contribution in [0.2, 0.25) is 0 Å². The van der Waals surface area contributed by atoms with Gasteiger partial charge in [-0.1, -0.05) is 30.3 Å². The Balaban J connectivity index is 0.00000408. The zero-order chi connectivity index (χ0) is 23.8. The number of nitrogens with one attached hydrogen (secondary N) is 1. The van der Waals surface area contributed by atoms with Crippen LogP contribution in [0.4, 0.5) is 4.79 Å². The molecule has 0 radical (unpaired) electrons. The van der Waals surface area contributed by atoms with Crippen molar-refractivity contribution in [2.24, 2.45) is 5.73 Å². The van der Waals surface area contributed by atoms with Crippen molar-refractivity contribution in [3.05, 3.63) is 41.7 Å². The van der Waals surface area contributed by atoms with Crippen LogP contribution in [0.25, 0.3) is 0 Å². The van der Waals surface area contributed by atoms with E-state index in [1.807, 2.05) is 30.3 Å². The Labute approximate surface area is 204 Å². The zero-order valence-electron chi connectivity index (χ0n) is 19.3. The third-order valence-corrected chi connectivity index (χ3v) is 5.11. The van der Waals surface area contributed by atoms with E-state index in [1.54, 1.807) is 13.8 Å². The van der Waals surface area contributed by atoms with Gasteiger partial charge in [-0.2, -0.15) is 0 Å². The van der Waals surface area contributed by atoms with E-state index in [1.165, 1.54) is 9.58 Å². The second-order valence-corrected chi connectivity index (χ2v) is 8.51. The number of benzene rings is 1. The Hall–Kier alpha value is -2.80. The topological polar surface area (TPSA) is 158 Å². The highest BCUT2D eigenvalue weighted by molar-refractivity contribution is 5.85. The fourth-order valence-corrected chi connectivity index (χ4v) is 3.23. The SMILES string of the molecule is CC(C)(N)C(=O)N[C@H](COCc1ccccc1)c1nnnn1CCOC(=O)N1CC[C@@H](O)C1.Cl. The standard InChI is InChI=1S/C21H31N7O5.ClH/c1-21(2,22)19(30)23-17(14-32-13-15-6-4-3-5-7-15)18-24-25-26-28(18)10-11-33-20(31)27-9-8-16(29)12-27;/h3-7,16-17,29H,8-14,22H2,1-2H3,(H,23,30);1H/t16-,17-;/m1./s1. The predicted molar refractivity (Wildman–Crippen MR) is 124 cm³/mol. The lowest BCUT2D eigenvalue weighted by Gasteiger charge is -2.24. The average Bonchev–Trinajstić information content (AvgIpc) is 3.42. The van der Waals surface area contributed by atoms with E-state index in [2.05, 4.69) is 20.8 Å². The van der Waals surface area contributed by atoms with Crippen molar-refractivity contribution in [2.45, 2.75) is 51.1 Å². The fourth-order valence-electron chi connectivity index (χ4n) is 3.23. The number of nitrogens with two attached hydrogens (primary N) is 1. The lowest BCUT2D eigenvalue weighted by Crippen LogP contribution is -2.51. The Morgan fingerprint density at radius 3 is 2.71 bits per heavy atom. The first-order valence-corrected chi connectivity index (χ1v) is 10.8. The van der Waals surface area contributed by atoms with Crippen molar-refractivity contribution in [3.63, 3.8) is 0 Å². The molecule has 2 heterocycles. The Kier molecular flexibility index (Phi) is 10.2. The number of halogens is 1. The first-order chi connectivity index (χ1) is 15.7. The molecule has 1 saturated heterocycles. The van der Waals surface area contributed by atoms with Gasteiger partial charge in [-0.3, -0.25) is 4.79 Å². The highest BCUT2D eigenvalue weighted by Crippen LogP contribution is 2.14. The number of hydrogen-bond acceptors (Lipinski definition) is 9. The van der Waals surface area contributed by atoms with E-state index >= 15 is 0 Å². The minimum atomic E-state index is -1.11. The van der Waals surface area contributed by atoms with Crippen LogP contribution in [0, 0.1) is 0 Å². The van der Waals surface area contributed by atoms with Gasteiger partial charge in [-0.25, -0.2) is 9.48 Å². The normalized spacial score (nSPS) is 16.6. The number of carbonyl (C=O) groups is 2. The van der Waals surface area contributed by atoms with Crippen molar-refractivity contribution < 1.29 is 24.2 Å². The van der Waals surface area contributed by atoms with Crippen LogP contribution < -0.4 is 11.1 Å². The van der Waals surface area contributed by atoms with Gasteiger partial charge in [0.05, 0.1) is 31.4 Å². The molecule has 2 aromatic rings. The van der Waals surface area contributed by atoms with Crippen molar-refractivity contribution >= 4 is 24.4 Å². The summed E-state index contributed by atoms with van der Waals surface area (Å²) in [6, 6.07) is 8.97. The van der Waals surface area contributed by atoms with Gasteiger partial charge in [0.25, 0.3) is 0 Å². The number of amides is 2. The number of aromatic nitrogens is 4. The van der Waals surface area contributed by atoms with Crippen LogP contribution in [0.1, 0.15) is 37.7 Å². The monoisotopic (exact) mass is 497 g/mol. The number of ether oxygens (including phenoxy) is 2. The van der Waals surface area contributed by atoms with Gasteiger partial charge < -0.3 is 30.5 Å². The second-order valence-electron chi connectivity index (χ2n) is 8.51. The smallest absolute Gasteiger partial charge is 0.409 e. The van der Waals surface area contributed by atoms with Crippen LogP contribution >= 0.6 is 12.4 Å². The van der Waals surface area contributed by atoms with Crippen LogP contribution in [0.5, 0.6) is 0 Å². The molecular formula is C21H32ClN7O5. The molecule has 1 aliphatic rings. The number of carbonyl (C=O) groups excluding carboxylic acids is 2. The minimum Gasteiger partial charge on any atom is -0.447 e. The molecule has 188 valence electrons. The first kappa shape index (κ1) is 27.4. The third-order valence-electron chi connectivity index (χ3n) is 5.11. The molecule has 2 atom stereocenters. The molecule has 13 heteroatoms. The molecule has 0 saturated carbocycles. The van der Waals surface area contributed by atoms with Gasteiger partial charge in [0, 0.05) is 13.1 Å². The van der Waals surface area contributed by atoms with Crippen LogP contribution in [-0.4, -0.2) is 80.2 Å². The molecule has 0 spiro atoms. The quantitative estimate of drug-likeness (QED) is 0.422.